The smallest absolute Gasteiger partial charge is 0.253 e. The number of carbonyl (C=O) groups excluding carboxylic acids is 1. The first-order chi connectivity index (χ1) is 11.3. The van der Waals surface area contributed by atoms with Gasteiger partial charge in [-0.3, -0.25) is 4.79 Å². The average Bonchev–Trinajstić information content (AvgIpc) is 2.59. The first kappa shape index (κ1) is 18.9. The Morgan fingerprint density at radius 1 is 1.25 bits per heavy atom. The number of benzene rings is 1. The van der Waals surface area contributed by atoms with Gasteiger partial charge in [0.25, 0.3) is 5.91 Å². The third-order valence-electron chi connectivity index (χ3n) is 4.27. The van der Waals surface area contributed by atoms with Gasteiger partial charge in [-0.2, -0.15) is 0 Å². The quantitative estimate of drug-likeness (QED) is 0.783. The second-order valence-corrected chi connectivity index (χ2v) is 8.47. The van der Waals surface area contributed by atoms with Crippen LogP contribution in [0.3, 0.4) is 0 Å². The third-order valence-corrected chi connectivity index (χ3v) is 6.08. The summed E-state index contributed by atoms with van der Waals surface area (Å²) in [6, 6.07) is 6.18. The molecular weight excluding hydrogens is 328 g/mol. The summed E-state index contributed by atoms with van der Waals surface area (Å²) >= 11 is 0. The predicted octanol–water partition coefficient (Wildman–Crippen LogP) is 1.97. The highest BCUT2D eigenvalue weighted by molar-refractivity contribution is 7.89. The van der Waals surface area contributed by atoms with Gasteiger partial charge >= 0.3 is 0 Å². The zero-order valence-corrected chi connectivity index (χ0v) is 15.4. The normalized spacial score (nSPS) is 18.6. The molecule has 0 spiro atoms. The predicted molar refractivity (Wildman–Crippen MR) is 92.5 cm³/mol. The second-order valence-electron chi connectivity index (χ2n) is 6.32. The molecule has 1 aromatic rings. The lowest BCUT2D eigenvalue weighted by Gasteiger charge is -2.25. The molecule has 1 atom stereocenters. The summed E-state index contributed by atoms with van der Waals surface area (Å²) < 4.78 is 31.2. The first-order valence-corrected chi connectivity index (χ1v) is 9.66. The van der Waals surface area contributed by atoms with Crippen LogP contribution in [0.4, 0.5) is 0 Å². The SMILES string of the molecule is CN(CCC1CCCCO1)C(=O)c1cccc(S(=O)(=O)N(C)C)c1. The number of rotatable bonds is 6. The third kappa shape index (κ3) is 4.55. The minimum atomic E-state index is -3.55. The highest BCUT2D eigenvalue weighted by Gasteiger charge is 2.21. The van der Waals surface area contributed by atoms with Crippen molar-refractivity contribution in [2.75, 3.05) is 34.3 Å². The maximum Gasteiger partial charge on any atom is 0.253 e. The van der Waals surface area contributed by atoms with Crippen molar-refractivity contribution in [1.29, 1.82) is 0 Å². The summed E-state index contributed by atoms with van der Waals surface area (Å²) in [7, 11) is 1.13. The highest BCUT2D eigenvalue weighted by atomic mass is 32.2. The summed E-state index contributed by atoms with van der Waals surface area (Å²) in [5.41, 5.74) is 0.380. The van der Waals surface area contributed by atoms with Crippen LogP contribution in [-0.4, -0.2) is 63.9 Å². The molecule has 0 saturated carbocycles. The van der Waals surface area contributed by atoms with Crippen molar-refractivity contribution >= 4 is 15.9 Å². The van der Waals surface area contributed by atoms with Gasteiger partial charge in [0.2, 0.25) is 10.0 Å². The number of ether oxygens (including phenoxy) is 1. The van der Waals surface area contributed by atoms with E-state index in [-0.39, 0.29) is 16.9 Å². The molecule has 2 rings (SSSR count). The Balaban J connectivity index is 2.03. The van der Waals surface area contributed by atoms with E-state index >= 15 is 0 Å². The van der Waals surface area contributed by atoms with Crippen molar-refractivity contribution in [3.63, 3.8) is 0 Å². The molecule has 0 radical (unpaired) electrons. The Labute approximate surface area is 144 Å². The molecule has 7 heteroatoms. The summed E-state index contributed by atoms with van der Waals surface area (Å²) in [6.07, 6.45) is 4.34. The van der Waals surface area contributed by atoms with Gasteiger partial charge in [-0.25, -0.2) is 12.7 Å². The van der Waals surface area contributed by atoms with Crippen molar-refractivity contribution in [3.8, 4) is 0 Å². The van der Waals surface area contributed by atoms with E-state index in [1.165, 1.54) is 32.6 Å². The molecule has 134 valence electrons. The van der Waals surface area contributed by atoms with E-state index in [0.717, 1.165) is 30.2 Å². The van der Waals surface area contributed by atoms with Crippen LogP contribution in [0.5, 0.6) is 0 Å². The van der Waals surface area contributed by atoms with E-state index in [1.807, 2.05) is 0 Å². The molecule has 1 aliphatic rings. The Morgan fingerprint density at radius 2 is 2.00 bits per heavy atom. The van der Waals surface area contributed by atoms with E-state index in [1.54, 1.807) is 24.1 Å². The first-order valence-electron chi connectivity index (χ1n) is 8.22. The fraction of sp³-hybridized carbons (Fsp3) is 0.588. The minimum absolute atomic E-state index is 0.127. The zero-order chi connectivity index (χ0) is 17.7. The van der Waals surface area contributed by atoms with E-state index < -0.39 is 10.0 Å². The summed E-state index contributed by atoms with van der Waals surface area (Å²) in [4.78, 5) is 14.3. The van der Waals surface area contributed by atoms with Crippen LogP contribution in [0.1, 0.15) is 36.0 Å². The maximum absolute atomic E-state index is 12.5. The summed E-state index contributed by atoms with van der Waals surface area (Å²) in [5, 5.41) is 0. The van der Waals surface area contributed by atoms with Crippen molar-refractivity contribution in [3.05, 3.63) is 29.8 Å². The fourth-order valence-electron chi connectivity index (χ4n) is 2.70. The minimum Gasteiger partial charge on any atom is -0.378 e. The van der Waals surface area contributed by atoms with Crippen molar-refractivity contribution in [1.82, 2.24) is 9.21 Å². The number of hydrogen-bond donors (Lipinski definition) is 0. The zero-order valence-electron chi connectivity index (χ0n) is 14.6. The van der Waals surface area contributed by atoms with Crippen LogP contribution >= 0.6 is 0 Å². The van der Waals surface area contributed by atoms with Crippen LogP contribution in [0, 0.1) is 0 Å². The van der Waals surface area contributed by atoms with Crippen LogP contribution in [0.15, 0.2) is 29.2 Å². The van der Waals surface area contributed by atoms with Crippen LogP contribution in [-0.2, 0) is 14.8 Å². The van der Waals surface area contributed by atoms with Gasteiger partial charge in [0.05, 0.1) is 11.0 Å². The lowest BCUT2D eigenvalue weighted by atomic mass is 10.1. The average molecular weight is 354 g/mol. The molecular formula is C17H26N2O4S. The molecule has 0 aliphatic carbocycles. The Morgan fingerprint density at radius 3 is 2.62 bits per heavy atom. The molecule has 0 N–H and O–H groups in total. The standard InChI is InChI=1S/C17H26N2O4S/c1-18(2)24(21,22)16-9-6-7-14(13-16)17(20)19(3)11-10-15-8-4-5-12-23-15/h6-7,9,13,15H,4-5,8,10-12H2,1-3H3. The van der Waals surface area contributed by atoms with Crippen LogP contribution < -0.4 is 0 Å². The number of sulfonamides is 1. The highest BCUT2D eigenvalue weighted by Crippen LogP contribution is 2.18. The van der Waals surface area contributed by atoms with Gasteiger partial charge in [-0.1, -0.05) is 6.07 Å². The molecule has 1 fully saturated rings. The van der Waals surface area contributed by atoms with Crippen molar-refractivity contribution < 1.29 is 17.9 Å². The van der Waals surface area contributed by atoms with E-state index in [0.29, 0.717) is 12.1 Å². The molecule has 1 saturated heterocycles. The molecule has 1 aliphatic heterocycles. The Bertz CT molecular complexity index is 667. The van der Waals surface area contributed by atoms with Gasteiger partial charge in [0.15, 0.2) is 0 Å². The molecule has 6 nitrogen and oxygen atoms in total. The van der Waals surface area contributed by atoms with Gasteiger partial charge in [-0.15, -0.1) is 0 Å². The molecule has 0 aromatic heterocycles. The van der Waals surface area contributed by atoms with Gasteiger partial charge < -0.3 is 9.64 Å². The molecule has 24 heavy (non-hydrogen) atoms. The molecule has 1 amide bonds. The van der Waals surface area contributed by atoms with Crippen molar-refractivity contribution in [2.45, 2.75) is 36.7 Å². The topological polar surface area (TPSA) is 66.9 Å². The van der Waals surface area contributed by atoms with Gasteiger partial charge in [0.1, 0.15) is 0 Å². The Kier molecular flexibility index (Phi) is 6.37. The molecule has 1 heterocycles. The van der Waals surface area contributed by atoms with Gasteiger partial charge in [0, 0.05) is 39.9 Å². The van der Waals surface area contributed by atoms with Crippen LogP contribution in [0.2, 0.25) is 0 Å². The molecule has 0 bridgehead atoms. The van der Waals surface area contributed by atoms with E-state index in [4.69, 9.17) is 4.74 Å². The molecule has 1 unspecified atom stereocenters. The van der Waals surface area contributed by atoms with Crippen LogP contribution in [0.25, 0.3) is 0 Å². The lowest BCUT2D eigenvalue weighted by Crippen LogP contribution is -2.31. The summed E-state index contributed by atoms with van der Waals surface area (Å²) in [5.74, 6) is -0.179. The monoisotopic (exact) mass is 354 g/mol. The van der Waals surface area contributed by atoms with E-state index in [9.17, 15) is 13.2 Å². The molecule has 1 aromatic carbocycles. The maximum atomic E-state index is 12.5. The Hall–Kier alpha value is -1.44. The van der Waals surface area contributed by atoms with E-state index in [2.05, 4.69) is 0 Å². The summed E-state index contributed by atoms with van der Waals surface area (Å²) in [6.45, 7) is 1.39. The number of hydrogen-bond acceptors (Lipinski definition) is 4. The fourth-order valence-corrected chi connectivity index (χ4v) is 3.64. The second kappa shape index (κ2) is 8.09. The van der Waals surface area contributed by atoms with Gasteiger partial charge in [-0.05, 0) is 43.9 Å². The number of carbonyl (C=O) groups is 1. The lowest BCUT2D eigenvalue weighted by molar-refractivity contribution is 0.00709. The largest absolute Gasteiger partial charge is 0.378 e. The number of amides is 1. The number of nitrogens with zero attached hydrogens (tertiary/aromatic N) is 2. The van der Waals surface area contributed by atoms with Crippen molar-refractivity contribution in [2.24, 2.45) is 0 Å².